The van der Waals surface area contributed by atoms with Crippen LogP contribution in [0.2, 0.25) is 18.1 Å². The fraction of sp³-hybridized carbons (Fsp3) is 0.552. The number of rotatable bonds is 11. The molecule has 0 N–H and O–H groups in total. The number of hydrogen-bond donors (Lipinski definition) is 0. The van der Waals surface area contributed by atoms with Crippen LogP contribution in [0.25, 0.3) is 0 Å². The highest BCUT2D eigenvalue weighted by atomic mass is 28.4. The highest BCUT2D eigenvalue weighted by Gasteiger charge is 2.45. The highest BCUT2D eigenvalue weighted by molar-refractivity contribution is 6.74. The van der Waals surface area contributed by atoms with E-state index < -0.39 is 13.7 Å². The number of cyclic esters (lactones) is 1. The van der Waals surface area contributed by atoms with Gasteiger partial charge in [0.25, 0.3) is 0 Å². The molecule has 180 valence electrons. The van der Waals surface area contributed by atoms with Crippen LogP contribution in [0.15, 0.2) is 54.6 Å². The van der Waals surface area contributed by atoms with Gasteiger partial charge in [0.2, 0.25) is 0 Å². The maximum absolute atomic E-state index is 12.6. The van der Waals surface area contributed by atoms with Gasteiger partial charge in [0.05, 0.1) is 12.0 Å². The van der Waals surface area contributed by atoms with Gasteiger partial charge in [-0.05, 0) is 66.4 Å². The van der Waals surface area contributed by atoms with Crippen LogP contribution in [0.4, 0.5) is 0 Å². The van der Waals surface area contributed by atoms with E-state index >= 15 is 0 Å². The predicted molar refractivity (Wildman–Crippen MR) is 139 cm³/mol. The van der Waals surface area contributed by atoms with Gasteiger partial charge < -0.3 is 9.16 Å². The Kier molecular flexibility index (Phi) is 8.23. The van der Waals surface area contributed by atoms with Crippen LogP contribution in [-0.4, -0.2) is 27.5 Å². The Labute approximate surface area is 202 Å². The van der Waals surface area contributed by atoms with Gasteiger partial charge in [-0.3, -0.25) is 4.79 Å². The SMILES string of the molecule is CC(C)C(C)(C)[Si](C)(C)OCCc1ccc(CCCC2(c3ccccc3)CCOC2=O)cc1. The lowest BCUT2D eigenvalue weighted by atomic mass is 9.75. The first-order valence-electron chi connectivity index (χ1n) is 12.5. The largest absolute Gasteiger partial charge is 0.465 e. The zero-order chi connectivity index (χ0) is 24.1. The van der Waals surface area contributed by atoms with E-state index in [1.165, 1.54) is 11.1 Å². The Hall–Kier alpha value is -1.91. The van der Waals surface area contributed by atoms with Crippen LogP contribution in [0, 0.1) is 5.92 Å². The molecule has 1 atom stereocenters. The highest BCUT2D eigenvalue weighted by Crippen LogP contribution is 2.44. The number of benzene rings is 2. The lowest BCUT2D eigenvalue weighted by Gasteiger charge is -2.42. The molecule has 0 bridgehead atoms. The summed E-state index contributed by atoms with van der Waals surface area (Å²) < 4.78 is 11.9. The molecule has 1 aliphatic heterocycles. The van der Waals surface area contributed by atoms with Crippen LogP contribution in [0.5, 0.6) is 0 Å². The van der Waals surface area contributed by atoms with Crippen molar-refractivity contribution in [3.05, 3.63) is 71.3 Å². The monoisotopic (exact) mass is 466 g/mol. The van der Waals surface area contributed by atoms with Crippen LogP contribution >= 0.6 is 0 Å². The Morgan fingerprint density at radius 1 is 1.00 bits per heavy atom. The average Bonchev–Trinajstić information content (AvgIpc) is 3.16. The van der Waals surface area contributed by atoms with Crippen LogP contribution < -0.4 is 0 Å². The van der Waals surface area contributed by atoms with E-state index in [1.54, 1.807) is 0 Å². The molecule has 1 saturated heterocycles. The first kappa shape index (κ1) is 25.7. The quantitative estimate of drug-likeness (QED) is 0.262. The van der Waals surface area contributed by atoms with E-state index in [4.69, 9.17) is 9.16 Å². The van der Waals surface area contributed by atoms with Crippen LogP contribution in [0.1, 0.15) is 63.6 Å². The standard InChI is InChI=1S/C29H42O3Si/c1-23(2)28(3,4)33(5,6)32-21-18-25-16-14-24(15-17-25)11-10-19-29(20-22-31-27(29)30)26-12-8-7-9-13-26/h7-9,12-17,23H,10-11,18-22H2,1-6H3. The number of carbonyl (C=O) groups excluding carboxylic acids is 1. The average molecular weight is 467 g/mol. The molecular weight excluding hydrogens is 424 g/mol. The molecule has 1 unspecified atom stereocenters. The third-order valence-corrected chi connectivity index (χ3v) is 13.0. The van der Waals surface area contributed by atoms with Crippen molar-refractivity contribution in [2.24, 2.45) is 5.92 Å². The van der Waals surface area contributed by atoms with Gasteiger partial charge in [0.1, 0.15) is 0 Å². The zero-order valence-corrected chi connectivity index (χ0v) is 22.4. The maximum atomic E-state index is 12.6. The molecule has 0 saturated carbocycles. The normalized spacial score (nSPS) is 19.2. The lowest BCUT2D eigenvalue weighted by molar-refractivity contribution is -0.143. The van der Waals surface area contributed by atoms with E-state index in [0.29, 0.717) is 12.5 Å². The van der Waals surface area contributed by atoms with Gasteiger partial charge in [-0.2, -0.15) is 0 Å². The number of hydrogen-bond acceptors (Lipinski definition) is 3. The third kappa shape index (κ3) is 5.78. The van der Waals surface area contributed by atoms with Gasteiger partial charge in [0.15, 0.2) is 8.32 Å². The smallest absolute Gasteiger partial charge is 0.316 e. The topological polar surface area (TPSA) is 35.5 Å². The minimum Gasteiger partial charge on any atom is -0.465 e. The molecule has 4 heteroatoms. The van der Waals surface area contributed by atoms with Crippen LogP contribution in [-0.2, 0) is 32.2 Å². The summed E-state index contributed by atoms with van der Waals surface area (Å²) in [4.78, 5) is 12.6. The molecule has 0 spiro atoms. The Morgan fingerprint density at radius 3 is 2.15 bits per heavy atom. The van der Waals surface area contributed by atoms with Crippen molar-refractivity contribution in [3.63, 3.8) is 0 Å². The molecule has 33 heavy (non-hydrogen) atoms. The maximum Gasteiger partial charge on any atom is 0.316 e. The van der Waals surface area contributed by atoms with Crippen molar-refractivity contribution in [2.75, 3.05) is 13.2 Å². The van der Waals surface area contributed by atoms with Gasteiger partial charge in [-0.1, -0.05) is 82.3 Å². The second-order valence-corrected chi connectivity index (χ2v) is 15.6. The Balaban J connectivity index is 1.51. The van der Waals surface area contributed by atoms with Crippen molar-refractivity contribution < 1.29 is 14.0 Å². The van der Waals surface area contributed by atoms with Gasteiger partial charge in [0, 0.05) is 13.0 Å². The zero-order valence-electron chi connectivity index (χ0n) is 21.4. The molecule has 0 radical (unpaired) electrons. The summed E-state index contributed by atoms with van der Waals surface area (Å²) in [6, 6.07) is 19.1. The van der Waals surface area contributed by atoms with Gasteiger partial charge in [-0.25, -0.2) is 0 Å². The molecule has 1 fully saturated rings. The fourth-order valence-corrected chi connectivity index (χ4v) is 7.10. The van der Waals surface area contributed by atoms with E-state index in [0.717, 1.165) is 44.3 Å². The van der Waals surface area contributed by atoms with Crippen molar-refractivity contribution in [1.29, 1.82) is 0 Å². The minimum absolute atomic E-state index is 0.0591. The number of aryl methyl sites for hydroxylation is 1. The van der Waals surface area contributed by atoms with Gasteiger partial charge >= 0.3 is 5.97 Å². The summed E-state index contributed by atoms with van der Waals surface area (Å²) in [6.07, 6.45) is 4.50. The van der Waals surface area contributed by atoms with Crippen molar-refractivity contribution in [2.45, 2.75) is 83.3 Å². The Bertz CT molecular complexity index is 902. The van der Waals surface area contributed by atoms with Crippen LogP contribution in [0.3, 0.4) is 0 Å². The number of esters is 1. The summed E-state index contributed by atoms with van der Waals surface area (Å²) in [5, 5.41) is 0.250. The summed E-state index contributed by atoms with van der Waals surface area (Å²) in [5.41, 5.74) is 3.27. The van der Waals surface area contributed by atoms with E-state index in [2.05, 4.69) is 77.2 Å². The Morgan fingerprint density at radius 2 is 1.61 bits per heavy atom. The molecule has 0 amide bonds. The molecular formula is C29H42O3Si. The van der Waals surface area contributed by atoms with Crippen molar-refractivity contribution in [3.8, 4) is 0 Å². The third-order valence-electron chi connectivity index (χ3n) is 8.42. The second kappa shape index (κ2) is 10.6. The molecule has 1 aliphatic rings. The van der Waals surface area contributed by atoms with Crippen molar-refractivity contribution in [1.82, 2.24) is 0 Å². The minimum atomic E-state index is -1.77. The molecule has 0 aliphatic carbocycles. The molecule has 1 heterocycles. The number of carbonyl (C=O) groups is 1. The second-order valence-electron chi connectivity index (χ2n) is 11.0. The molecule has 2 aromatic carbocycles. The lowest BCUT2D eigenvalue weighted by Crippen LogP contribution is -2.45. The molecule has 0 aromatic heterocycles. The summed E-state index contributed by atoms with van der Waals surface area (Å²) in [5.74, 6) is 0.557. The molecule has 3 rings (SSSR count). The summed E-state index contributed by atoms with van der Waals surface area (Å²) in [7, 11) is -1.77. The fourth-order valence-electron chi connectivity index (χ4n) is 4.72. The number of ether oxygens (including phenoxy) is 1. The molecule has 2 aromatic rings. The predicted octanol–water partition coefficient (Wildman–Crippen LogP) is 7.09. The van der Waals surface area contributed by atoms with Gasteiger partial charge in [-0.15, -0.1) is 0 Å². The summed E-state index contributed by atoms with van der Waals surface area (Å²) in [6.45, 7) is 15.3. The summed E-state index contributed by atoms with van der Waals surface area (Å²) >= 11 is 0. The first-order chi connectivity index (χ1) is 15.6. The van der Waals surface area contributed by atoms with E-state index in [-0.39, 0.29) is 11.0 Å². The van der Waals surface area contributed by atoms with Crippen molar-refractivity contribution >= 4 is 14.3 Å². The van der Waals surface area contributed by atoms with E-state index in [9.17, 15) is 4.79 Å². The molecule has 3 nitrogen and oxygen atoms in total. The first-order valence-corrected chi connectivity index (χ1v) is 15.4. The van der Waals surface area contributed by atoms with E-state index in [1.807, 2.05) is 18.2 Å².